The third-order valence-electron chi connectivity index (χ3n) is 5.56. The fourth-order valence-electron chi connectivity index (χ4n) is 3.89. The SMILES string of the molecule is CC(C)[C@@H]1C[C@H](CC(=O)N2C[C@H](c3ccccc3)OC[C@H]2C)CCO1. The Bertz CT molecular complexity index is 560. The van der Waals surface area contributed by atoms with Gasteiger partial charge in [-0.2, -0.15) is 0 Å². The number of ether oxygens (including phenoxy) is 2. The third kappa shape index (κ3) is 4.62. The van der Waals surface area contributed by atoms with Gasteiger partial charge in [-0.1, -0.05) is 44.2 Å². The molecule has 3 rings (SSSR count). The van der Waals surface area contributed by atoms with Crippen LogP contribution in [0, 0.1) is 11.8 Å². The number of morpholine rings is 1. The monoisotopic (exact) mass is 345 g/mol. The minimum atomic E-state index is -0.0144. The third-order valence-corrected chi connectivity index (χ3v) is 5.56. The van der Waals surface area contributed by atoms with E-state index in [0.717, 1.165) is 25.0 Å². The Morgan fingerprint density at radius 3 is 2.72 bits per heavy atom. The average molecular weight is 345 g/mol. The van der Waals surface area contributed by atoms with Gasteiger partial charge in [0.15, 0.2) is 0 Å². The second kappa shape index (κ2) is 8.33. The van der Waals surface area contributed by atoms with E-state index in [1.54, 1.807) is 0 Å². The van der Waals surface area contributed by atoms with Crippen molar-refractivity contribution in [2.24, 2.45) is 11.8 Å². The van der Waals surface area contributed by atoms with E-state index in [1.165, 1.54) is 0 Å². The summed E-state index contributed by atoms with van der Waals surface area (Å²) in [5.41, 5.74) is 1.15. The summed E-state index contributed by atoms with van der Waals surface area (Å²) in [5.74, 6) is 1.23. The van der Waals surface area contributed by atoms with Crippen molar-refractivity contribution in [1.82, 2.24) is 4.90 Å². The molecule has 0 unspecified atom stereocenters. The standard InChI is InChI=1S/C21H31NO3/c1-15(2)19-11-17(9-10-24-19)12-21(23)22-13-20(25-14-16(22)3)18-7-5-4-6-8-18/h4-8,15-17,19-20H,9-14H2,1-3H3/t16-,17-,19+,20-/m1/s1. The van der Waals surface area contributed by atoms with Crippen molar-refractivity contribution in [2.45, 2.75) is 58.3 Å². The molecule has 2 heterocycles. The highest BCUT2D eigenvalue weighted by Gasteiger charge is 2.33. The number of rotatable bonds is 4. The molecule has 1 aromatic rings. The molecule has 0 aliphatic carbocycles. The molecular formula is C21H31NO3. The van der Waals surface area contributed by atoms with E-state index >= 15 is 0 Å². The zero-order chi connectivity index (χ0) is 17.8. The summed E-state index contributed by atoms with van der Waals surface area (Å²) in [5, 5.41) is 0. The highest BCUT2D eigenvalue weighted by molar-refractivity contribution is 5.77. The molecule has 0 spiro atoms. The van der Waals surface area contributed by atoms with Crippen molar-refractivity contribution in [2.75, 3.05) is 19.8 Å². The molecule has 0 saturated carbocycles. The molecule has 0 bridgehead atoms. The van der Waals surface area contributed by atoms with Crippen molar-refractivity contribution in [3.63, 3.8) is 0 Å². The highest BCUT2D eigenvalue weighted by Crippen LogP contribution is 2.30. The summed E-state index contributed by atoms with van der Waals surface area (Å²) in [6.45, 7) is 8.52. The molecule has 4 nitrogen and oxygen atoms in total. The van der Waals surface area contributed by atoms with Crippen LogP contribution in [-0.4, -0.2) is 42.7 Å². The van der Waals surface area contributed by atoms with Crippen LogP contribution in [0.5, 0.6) is 0 Å². The normalized spacial score (nSPS) is 30.5. The maximum atomic E-state index is 13.0. The molecule has 2 aliphatic rings. The molecule has 4 atom stereocenters. The van der Waals surface area contributed by atoms with Crippen LogP contribution in [0.1, 0.15) is 51.7 Å². The quantitative estimate of drug-likeness (QED) is 0.833. The topological polar surface area (TPSA) is 38.8 Å². The maximum Gasteiger partial charge on any atom is 0.223 e. The first kappa shape index (κ1) is 18.4. The maximum absolute atomic E-state index is 13.0. The Kier molecular flexibility index (Phi) is 6.13. The minimum absolute atomic E-state index is 0.0144. The van der Waals surface area contributed by atoms with E-state index in [0.29, 0.717) is 37.5 Å². The molecule has 0 aromatic heterocycles. The predicted molar refractivity (Wildman–Crippen MR) is 98.2 cm³/mol. The predicted octanol–water partition coefficient (Wildman–Crippen LogP) is 3.82. The van der Waals surface area contributed by atoms with Gasteiger partial charge in [-0.25, -0.2) is 0 Å². The molecule has 2 fully saturated rings. The first-order valence-electron chi connectivity index (χ1n) is 9.62. The van der Waals surface area contributed by atoms with Crippen LogP contribution in [0.2, 0.25) is 0 Å². The Balaban J connectivity index is 1.60. The van der Waals surface area contributed by atoms with Gasteiger partial charge in [0, 0.05) is 13.0 Å². The molecule has 138 valence electrons. The van der Waals surface area contributed by atoms with Crippen LogP contribution < -0.4 is 0 Å². The number of carbonyl (C=O) groups excluding carboxylic acids is 1. The fraction of sp³-hybridized carbons (Fsp3) is 0.667. The first-order chi connectivity index (χ1) is 12.0. The van der Waals surface area contributed by atoms with Gasteiger partial charge in [0.05, 0.1) is 25.3 Å². The van der Waals surface area contributed by atoms with Crippen LogP contribution in [0.25, 0.3) is 0 Å². The molecule has 25 heavy (non-hydrogen) atoms. The van der Waals surface area contributed by atoms with Gasteiger partial charge >= 0.3 is 0 Å². The average Bonchev–Trinajstić information content (AvgIpc) is 2.63. The van der Waals surface area contributed by atoms with Crippen LogP contribution in [0.15, 0.2) is 30.3 Å². The van der Waals surface area contributed by atoms with E-state index in [4.69, 9.17) is 9.47 Å². The summed E-state index contributed by atoms with van der Waals surface area (Å²) in [4.78, 5) is 15.0. The molecule has 2 aliphatic heterocycles. The number of hydrogen-bond acceptors (Lipinski definition) is 3. The van der Waals surface area contributed by atoms with Gasteiger partial charge in [0.25, 0.3) is 0 Å². The Morgan fingerprint density at radius 2 is 2.00 bits per heavy atom. The number of nitrogens with zero attached hydrogens (tertiary/aromatic N) is 1. The summed E-state index contributed by atoms with van der Waals surface area (Å²) in [6, 6.07) is 10.4. The number of amides is 1. The summed E-state index contributed by atoms with van der Waals surface area (Å²) < 4.78 is 11.8. The lowest BCUT2D eigenvalue weighted by molar-refractivity contribution is -0.146. The van der Waals surface area contributed by atoms with Gasteiger partial charge in [0.2, 0.25) is 5.91 Å². The molecule has 2 saturated heterocycles. The van der Waals surface area contributed by atoms with Crippen LogP contribution >= 0.6 is 0 Å². The van der Waals surface area contributed by atoms with Crippen molar-refractivity contribution in [3.8, 4) is 0 Å². The van der Waals surface area contributed by atoms with E-state index in [-0.39, 0.29) is 18.1 Å². The number of hydrogen-bond donors (Lipinski definition) is 0. The molecule has 1 aromatic carbocycles. The van der Waals surface area contributed by atoms with E-state index < -0.39 is 0 Å². The van der Waals surface area contributed by atoms with Crippen LogP contribution in [0.4, 0.5) is 0 Å². The van der Waals surface area contributed by atoms with Gasteiger partial charge < -0.3 is 14.4 Å². The number of carbonyl (C=O) groups is 1. The Hall–Kier alpha value is -1.39. The molecule has 0 radical (unpaired) electrons. The Morgan fingerprint density at radius 1 is 1.24 bits per heavy atom. The zero-order valence-electron chi connectivity index (χ0n) is 15.7. The van der Waals surface area contributed by atoms with Gasteiger partial charge in [-0.3, -0.25) is 4.79 Å². The van der Waals surface area contributed by atoms with Gasteiger partial charge in [-0.15, -0.1) is 0 Å². The lowest BCUT2D eigenvalue weighted by atomic mass is 9.87. The van der Waals surface area contributed by atoms with Crippen molar-refractivity contribution < 1.29 is 14.3 Å². The van der Waals surface area contributed by atoms with E-state index in [9.17, 15) is 4.79 Å². The smallest absolute Gasteiger partial charge is 0.223 e. The van der Waals surface area contributed by atoms with Crippen molar-refractivity contribution in [1.29, 1.82) is 0 Å². The van der Waals surface area contributed by atoms with Crippen molar-refractivity contribution in [3.05, 3.63) is 35.9 Å². The second-order valence-corrected chi connectivity index (χ2v) is 7.88. The minimum Gasteiger partial charge on any atom is -0.378 e. The van der Waals surface area contributed by atoms with Crippen LogP contribution in [0.3, 0.4) is 0 Å². The fourth-order valence-corrected chi connectivity index (χ4v) is 3.89. The van der Waals surface area contributed by atoms with Gasteiger partial charge in [-0.05, 0) is 37.2 Å². The van der Waals surface area contributed by atoms with E-state index in [1.807, 2.05) is 23.1 Å². The zero-order valence-corrected chi connectivity index (χ0v) is 15.7. The molecule has 0 N–H and O–H groups in total. The molecule has 4 heteroatoms. The van der Waals surface area contributed by atoms with Crippen molar-refractivity contribution >= 4 is 5.91 Å². The first-order valence-corrected chi connectivity index (χ1v) is 9.62. The lowest BCUT2D eigenvalue weighted by Gasteiger charge is -2.39. The highest BCUT2D eigenvalue weighted by atomic mass is 16.5. The van der Waals surface area contributed by atoms with Crippen LogP contribution in [-0.2, 0) is 14.3 Å². The molecular weight excluding hydrogens is 314 g/mol. The summed E-state index contributed by atoms with van der Waals surface area (Å²) >= 11 is 0. The lowest BCUT2D eigenvalue weighted by Crippen LogP contribution is -2.49. The second-order valence-electron chi connectivity index (χ2n) is 7.88. The number of benzene rings is 1. The van der Waals surface area contributed by atoms with Gasteiger partial charge in [0.1, 0.15) is 6.10 Å². The molecule has 1 amide bonds. The summed E-state index contributed by atoms with van der Waals surface area (Å²) in [7, 11) is 0. The Labute approximate surface area is 151 Å². The summed E-state index contributed by atoms with van der Waals surface area (Å²) in [6.07, 6.45) is 2.92. The largest absolute Gasteiger partial charge is 0.378 e. The van der Waals surface area contributed by atoms with E-state index in [2.05, 4.69) is 32.9 Å².